The van der Waals surface area contributed by atoms with Crippen LogP contribution in [-0.4, -0.2) is 36.8 Å². The lowest BCUT2D eigenvalue weighted by molar-refractivity contribution is 0.310. The van der Waals surface area contributed by atoms with Crippen molar-refractivity contribution in [3.8, 4) is 5.75 Å². The smallest absolute Gasteiger partial charge is 0.142 e. The first-order valence-electron chi connectivity index (χ1n) is 5.47. The van der Waals surface area contributed by atoms with Crippen LogP contribution in [0.25, 0.3) is 0 Å². The highest BCUT2D eigenvalue weighted by Crippen LogP contribution is 2.33. The van der Waals surface area contributed by atoms with Crippen molar-refractivity contribution in [1.82, 2.24) is 0 Å². The van der Waals surface area contributed by atoms with Gasteiger partial charge in [0.1, 0.15) is 12.4 Å². The van der Waals surface area contributed by atoms with Gasteiger partial charge in [-0.2, -0.15) is 5.10 Å². The van der Waals surface area contributed by atoms with Crippen LogP contribution in [0.1, 0.15) is 0 Å². The minimum absolute atomic E-state index is 0.436. The zero-order valence-electron chi connectivity index (χ0n) is 9.76. The van der Waals surface area contributed by atoms with E-state index in [9.17, 15) is 0 Å². The van der Waals surface area contributed by atoms with Crippen molar-refractivity contribution < 1.29 is 9.94 Å². The van der Waals surface area contributed by atoms with Gasteiger partial charge in [0.15, 0.2) is 0 Å². The van der Waals surface area contributed by atoms with Gasteiger partial charge >= 0.3 is 0 Å². The largest absolute Gasteiger partial charge is 0.490 e. The lowest BCUT2D eigenvalue weighted by atomic mass is 10.2. The molecule has 2 rings (SSSR count). The standard InChI is InChI=1S/C11H15N5O2/c12-6-9(14-13)7-16-3-4-18-11-2-1-8(15-17)5-10(11)16/h1-2,5-6,12,15,17H,3-4,7,13H2/b12-6?,14-9+. The summed E-state index contributed by atoms with van der Waals surface area (Å²) in [6.07, 6.45) is 1.13. The Balaban J connectivity index is 2.28. The molecule has 1 aromatic carbocycles. The van der Waals surface area contributed by atoms with Crippen molar-refractivity contribution in [2.45, 2.75) is 0 Å². The number of nitrogens with zero attached hydrogens (tertiary/aromatic N) is 2. The lowest BCUT2D eigenvalue weighted by Crippen LogP contribution is -2.37. The van der Waals surface area contributed by atoms with Crippen LogP contribution < -0.4 is 21.0 Å². The minimum Gasteiger partial charge on any atom is -0.490 e. The number of ether oxygens (including phenoxy) is 1. The van der Waals surface area contributed by atoms with E-state index < -0.39 is 0 Å². The fraction of sp³-hybridized carbons (Fsp3) is 0.273. The van der Waals surface area contributed by atoms with E-state index in [-0.39, 0.29) is 0 Å². The summed E-state index contributed by atoms with van der Waals surface area (Å²) in [5.74, 6) is 5.94. The van der Waals surface area contributed by atoms with Crippen LogP contribution in [0.15, 0.2) is 23.3 Å². The first-order chi connectivity index (χ1) is 8.78. The van der Waals surface area contributed by atoms with Crippen LogP contribution in [0.2, 0.25) is 0 Å². The van der Waals surface area contributed by atoms with E-state index in [1.807, 2.05) is 4.90 Å². The molecule has 7 nitrogen and oxygen atoms in total. The van der Waals surface area contributed by atoms with E-state index in [0.29, 0.717) is 31.1 Å². The van der Waals surface area contributed by atoms with Gasteiger partial charge in [-0.05, 0) is 18.2 Å². The molecule has 0 radical (unpaired) electrons. The molecule has 1 aromatic rings. The molecule has 0 fully saturated rings. The molecule has 0 saturated heterocycles. The minimum atomic E-state index is 0.436. The maximum Gasteiger partial charge on any atom is 0.142 e. The van der Waals surface area contributed by atoms with Gasteiger partial charge in [0.25, 0.3) is 0 Å². The van der Waals surface area contributed by atoms with Gasteiger partial charge in [0.2, 0.25) is 0 Å². The quantitative estimate of drug-likeness (QED) is 0.356. The van der Waals surface area contributed by atoms with E-state index in [1.165, 1.54) is 0 Å². The Morgan fingerprint density at radius 1 is 1.67 bits per heavy atom. The molecular formula is C11H15N5O2. The van der Waals surface area contributed by atoms with Gasteiger partial charge < -0.3 is 20.9 Å². The van der Waals surface area contributed by atoms with Crippen LogP contribution in [0.5, 0.6) is 5.75 Å². The number of benzene rings is 1. The van der Waals surface area contributed by atoms with E-state index >= 15 is 0 Å². The second-order valence-corrected chi connectivity index (χ2v) is 3.83. The van der Waals surface area contributed by atoms with Gasteiger partial charge in [0.05, 0.1) is 30.2 Å². The van der Waals surface area contributed by atoms with Crippen molar-refractivity contribution in [2.24, 2.45) is 10.9 Å². The zero-order chi connectivity index (χ0) is 13.0. The van der Waals surface area contributed by atoms with Crippen LogP contribution in [0, 0.1) is 5.41 Å². The third kappa shape index (κ3) is 2.35. The molecule has 1 heterocycles. The van der Waals surface area contributed by atoms with E-state index in [2.05, 4.69) is 10.6 Å². The van der Waals surface area contributed by atoms with Gasteiger partial charge in [-0.15, -0.1) is 0 Å². The predicted molar refractivity (Wildman–Crippen MR) is 70.0 cm³/mol. The van der Waals surface area contributed by atoms with Crippen LogP contribution >= 0.6 is 0 Å². The van der Waals surface area contributed by atoms with Crippen molar-refractivity contribution in [3.63, 3.8) is 0 Å². The van der Waals surface area contributed by atoms with Gasteiger partial charge in [0, 0.05) is 6.21 Å². The summed E-state index contributed by atoms with van der Waals surface area (Å²) >= 11 is 0. The van der Waals surface area contributed by atoms with Gasteiger partial charge in [-0.25, -0.2) is 0 Å². The molecule has 1 aliphatic heterocycles. The first-order valence-corrected chi connectivity index (χ1v) is 5.47. The summed E-state index contributed by atoms with van der Waals surface area (Å²) in [6, 6.07) is 5.27. The average molecular weight is 249 g/mol. The molecule has 0 atom stereocenters. The SMILES string of the molecule is N=C/C(CN1CCOc2ccc(NO)cc21)=N\N. The molecule has 7 heteroatoms. The number of anilines is 2. The van der Waals surface area contributed by atoms with Crippen molar-refractivity contribution in [3.05, 3.63) is 18.2 Å². The second-order valence-electron chi connectivity index (χ2n) is 3.83. The molecule has 0 bridgehead atoms. The fourth-order valence-electron chi connectivity index (χ4n) is 1.83. The third-order valence-electron chi connectivity index (χ3n) is 2.73. The van der Waals surface area contributed by atoms with Crippen molar-refractivity contribution in [2.75, 3.05) is 30.1 Å². The second kappa shape index (κ2) is 5.37. The highest BCUT2D eigenvalue weighted by Gasteiger charge is 2.19. The number of hydrazone groups is 1. The van der Waals surface area contributed by atoms with E-state index in [0.717, 1.165) is 17.7 Å². The number of nitrogens with one attached hydrogen (secondary N) is 2. The summed E-state index contributed by atoms with van der Waals surface area (Å²) < 4.78 is 5.52. The first kappa shape index (κ1) is 12.2. The Morgan fingerprint density at radius 3 is 3.17 bits per heavy atom. The molecule has 96 valence electrons. The number of hydrogen-bond acceptors (Lipinski definition) is 7. The Bertz CT molecular complexity index is 475. The number of fused-ring (bicyclic) bond motifs is 1. The molecular weight excluding hydrogens is 234 g/mol. The normalized spacial score (nSPS) is 14.7. The summed E-state index contributed by atoms with van der Waals surface area (Å²) in [4.78, 5) is 2.00. The van der Waals surface area contributed by atoms with Crippen molar-refractivity contribution >= 4 is 23.3 Å². The summed E-state index contributed by atoms with van der Waals surface area (Å²) in [7, 11) is 0. The lowest BCUT2D eigenvalue weighted by Gasteiger charge is -2.31. The van der Waals surface area contributed by atoms with E-state index in [4.69, 9.17) is 21.2 Å². The van der Waals surface area contributed by atoms with Crippen LogP contribution in [-0.2, 0) is 0 Å². The highest BCUT2D eigenvalue weighted by atomic mass is 16.5. The molecule has 1 aliphatic rings. The van der Waals surface area contributed by atoms with Gasteiger partial charge in [-0.3, -0.25) is 10.7 Å². The number of rotatable bonds is 4. The van der Waals surface area contributed by atoms with Crippen LogP contribution in [0.3, 0.4) is 0 Å². The Hall–Kier alpha value is -2.28. The van der Waals surface area contributed by atoms with Gasteiger partial charge in [-0.1, -0.05) is 0 Å². The third-order valence-corrected chi connectivity index (χ3v) is 2.73. The summed E-state index contributed by atoms with van der Waals surface area (Å²) in [5.41, 5.74) is 3.98. The average Bonchev–Trinajstić information content (AvgIpc) is 2.44. The Labute approximate surface area is 104 Å². The van der Waals surface area contributed by atoms with E-state index in [1.54, 1.807) is 18.2 Å². The number of nitrogens with two attached hydrogens (primary N) is 1. The number of hydrogen-bond donors (Lipinski definition) is 4. The summed E-state index contributed by atoms with van der Waals surface area (Å²) in [6.45, 7) is 1.68. The fourth-order valence-corrected chi connectivity index (χ4v) is 1.83. The molecule has 18 heavy (non-hydrogen) atoms. The summed E-state index contributed by atoms with van der Waals surface area (Å²) in [5, 5.41) is 19.6. The molecule has 0 spiro atoms. The monoisotopic (exact) mass is 249 g/mol. The Kier molecular flexibility index (Phi) is 3.63. The zero-order valence-corrected chi connectivity index (χ0v) is 9.76. The topological polar surface area (TPSA) is 107 Å². The molecule has 0 unspecified atom stereocenters. The van der Waals surface area contributed by atoms with Crippen LogP contribution in [0.4, 0.5) is 11.4 Å². The predicted octanol–water partition coefficient (Wildman–Crippen LogP) is 0.651. The Morgan fingerprint density at radius 2 is 2.50 bits per heavy atom. The molecule has 5 N–H and O–H groups in total. The van der Waals surface area contributed by atoms with Crippen molar-refractivity contribution in [1.29, 1.82) is 5.41 Å². The highest BCUT2D eigenvalue weighted by molar-refractivity contribution is 6.31. The molecule has 0 aliphatic carbocycles. The maximum absolute atomic E-state index is 8.91. The molecule has 0 amide bonds. The molecule has 0 saturated carbocycles. The maximum atomic E-state index is 8.91. The molecule has 0 aromatic heterocycles.